The number of carbonyl (C=O) groups excluding carboxylic acids is 1. The Morgan fingerprint density at radius 3 is 2.88 bits per heavy atom. The Labute approximate surface area is 143 Å². The molecule has 4 heteroatoms. The van der Waals surface area contributed by atoms with E-state index in [2.05, 4.69) is 23.3 Å². The van der Waals surface area contributed by atoms with E-state index in [4.69, 9.17) is 4.74 Å². The van der Waals surface area contributed by atoms with E-state index < -0.39 is 0 Å². The molecular weight excluding hydrogens is 300 g/mol. The first kappa shape index (κ1) is 16.7. The molecule has 2 aromatic rings. The van der Waals surface area contributed by atoms with Crippen LogP contribution in [0.5, 0.6) is 0 Å². The van der Waals surface area contributed by atoms with Crippen LogP contribution in [0, 0.1) is 6.92 Å². The van der Waals surface area contributed by atoms with Crippen molar-refractivity contribution in [3.05, 3.63) is 65.2 Å². The number of aryl methyl sites for hydroxylation is 1. The highest BCUT2D eigenvalue weighted by Gasteiger charge is 2.19. The third-order valence-electron chi connectivity index (χ3n) is 4.26. The van der Waals surface area contributed by atoms with E-state index in [0.29, 0.717) is 6.42 Å². The van der Waals surface area contributed by atoms with Gasteiger partial charge in [-0.15, -0.1) is 0 Å². The van der Waals surface area contributed by atoms with E-state index in [0.717, 1.165) is 36.5 Å². The maximum Gasteiger partial charge on any atom is 0.228 e. The van der Waals surface area contributed by atoms with Crippen molar-refractivity contribution in [3.63, 3.8) is 0 Å². The summed E-state index contributed by atoms with van der Waals surface area (Å²) in [7, 11) is 2.10. The summed E-state index contributed by atoms with van der Waals surface area (Å²) in [4.78, 5) is 14.5. The zero-order chi connectivity index (χ0) is 16.9. The number of carbonyl (C=O) groups is 1. The number of likely N-dealkylation sites (N-methyl/N-ethyl adjacent to an activating group) is 1. The third kappa shape index (κ3) is 4.43. The normalized spacial score (nSPS) is 18.3. The van der Waals surface area contributed by atoms with Crippen LogP contribution < -0.4 is 5.32 Å². The highest BCUT2D eigenvalue weighted by molar-refractivity contribution is 5.92. The van der Waals surface area contributed by atoms with Gasteiger partial charge in [0.25, 0.3) is 0 Å². The molecule has 1 fully saturated rings. The predicted octanol–water partition coefficient (Wildman–Crippen LogP) is 3.18. The summed E-state index contributed by atoms with van der Waals surface area (Å²) in [6.45, 7) is 4.61. The van der Waals surface area contributed by atoms with Gasteiger partial charge in [-0.05, 0) is 37.2 Å². The summed E-state index contributed by atoms with van der Waals surface area (Å²) in [5, 5.41) is 2.99. The Bertz CT molecular complexity index is 714. The van der Waals surface area contributed by atoms with Crippen molar-refractivity contribution in [2.24, 2.45) is 0 Å². The number of rotatable bonds is 4. The molecule has 1 unspecified atom stereocenters. The van der Waals surface area contributed by atoms with Crippen LogP contribution in [0.3, 0.4) is 0 Å². The molecule has 3 rings (SSSR count). The molecule has 0 radical (unpaired) electrons. The van der Waals surface area contributed by atoms with E-state index in [1.165, 1.54) is 5.56 Å². The summed E-state index contributed by atoms with van der Waals surface area (Å²) in [6, 6.07) is 16.0. The van der Waals surface area contributed by atoms with Gasteiger partial charge in [0.15, 0.2) is 0 Å². The van der Waals surface area contributed by atoms with Crippen LogP contribution in [0.1, 0.15) is 22.8 Å². The van der Waals surface area contributed by atoms with Gasteiger partial charge in [0.05, 0.1) is 19.1 Å². The van der Waals surface area contributed by atoms with Crippen LogP contribution in [0.25, 0.3) is 0 Å². The first-order valence-electron chi connectivity index (χ1n) is 8.35. The fraction of sp³-hybridized carbons (Fsp3) is 0.350. The highest BCUT2D eigenvalue weighted by atomic mass is 16.5. The lowest BCUT2D eigenvalue weighted by Crippen LogP contribution is -2.35. The van der Waals surface area contributed by atoms with E-state index in [1.54, 1.807) is 0 Å². The maximum atomic E-state index is 12.3. The van der Waals surface area contributed by atoms with Crippen LogP contribution in [0.15, 0.2) is 48.5 Å². The fourth-order valence-electron chi connectivity index (χ4n) is 3.01. The first-order chi connectivity index (χ1) is 11.6. The Morgan fingerprint density at radius 1 is 1.25 bits per heavy atom. The van der Waals surface area contributed by atoms with Crippen molar-refractivity contribution in [2.75, 3.05) is 32.1 Å². The number of hydrogen-bond acceptors (Lipinski definition) is 3. The summed E-state index contributed by atoms with van der Waals surface area (Å²) < 4.78 is 5.85. The Hall–Kier alpha value is -2.17. The summed E-state index contributed by atoms with van der Waals surface area (Å²) in [5.41, 5.74) is 4.12. The lowest BCUT2D eigenvalue weighted by atomic mass is 10.1. The number of morpholine rings is 1. The van der Waals surface area contributed by atoms with Gasteiger partial charge in [-0.25, -0.2) is 0 Å². The Morgan fingerprint density at radius 2 is 2.08 bits per heavy atom. The minimum Gasteiger partial charge on any atom is -0.371 e. The second-order valence-corrected chi connectivity index (χ2v) is 6.46. The molecule has 4 nitrogen and oxygen atoms in total. The Balaban J connectivity index is 1.64. The fourth-order valence-corrected chi connectivity index (χ4v) is 3.01. The van der Waals surface area contributed by atoms with Gasteiger partial charge in [0.1, 0.15) is 0 Å². The van der Waals surface area contributed by atoms with Crippen molar-refractivity contribution in [1.82, 2.24) is 4.90 Å². The highest BCUT2D eigenvalue weighted by Crippen LogP contribution is 2.24. The van der Waals surface area contributed by atoms with Crippen LogP contribution >= 0.6 is 0 Å². The van der Waals surface area contributed by atoms with Crippen LogP contribution in [-0.2, 0) is 16.0 Å². The molecule has 1 amide bonds. The predicted molar refractivity (Wildman–Crippen MR) is 96.1 cm³/mol. The molecule has 0 aliphatic carbocycles. The number of benzene rings is 2. The lowest BCUT2D eigenvalue weighted by molar-refractivity contribution is -0.115. The van der Waals surface area contributed by atoms with Crippen LogP contribution in [0.4, 0.5) is 5.69 Å². The van der Waals surface area contributed by atoms with E-state index >= 15 is 0 Å². The number of amides is 1. The molecule has 0 aromatic heterocycles. The maximum absolute atomic E-state index is 12.3. The monoisotopic (exact) mass is 324 g/mol. The molecule has 24 heavy (non-hydrogen) atoms. The number of nitrogens with one attached hydrogen (secondary N) is 1. The molecule has 1 atom stereocenters. The molecule has 1 aliphatic heterocycles. The molecule has 1 aliphatic rings. The van der Waals surface area contributed by atoms with Crippen LogP contribution in [-0.4, -0.2) is 37.6 Å². The zero-order valence-corrected chi connectivity index (χ0v) is 14.3. The van der Waals surface area contributed by atoms with Crippen molar-refractivity contribution < 1.29 is 9.53 Å². The number of nitrogens with zero attached hydrogens (tertiary/aromatic N) is 1. The SMILES string of the molecule is Cc1cccc(CC(=O)Nc2cccc(C3CN(C)CCO3)c2)c1. The van der Waals surface area contributed by atoms with Gasteiger partial charge in [0, 0.05) is 18.8 Å². The number of anilines is 1. The zero-order valence-electron chi connectivity index (χ0n) is 14.3. The number of ether oxygens (including phenoxy) is 1. The molecule has 0 bridgehead atoms. The molecule has 0 spiro atoms. The van der Waals surface area contributed by atoms with Crippen molar-refractivity contribution in [1.29, 1.82) is 0 Å². The average molecular weight is 324 g/mol. The smallest absolute Gasteiger partial charge is 0.228 e. The standard InChI is InChI=1S/C20H24N2O2/c1-15-5-3-6-16(11-15)12-20(23)21-18-8-4-7-17(13-18)19-14-22(2)9-10-24-19/h3-8,11,13,19H,9-10,12,14H2,1-2H3,(H,21,23). The first-order valence-corrected chi connectivity index (χ1v) is 8.35. The lowest BCUT2D eigenvalue weighted by Gasteiger charge is -2.30. The number of hydrogen-bond donors (Lipinski definition) is 1. The van der Waals surface area contributed by atoms with E-state index in [-0.39, 0.29) is 12.0 Å². The van der Waals surface area contributed by atoms with Crippen molar-refractivity contribution in [2.45, 2.75) is 19.4 Å². The van der Waals surface area contributed by atoms with E-state index in [1.807, 2.05) is 49.4 Å². The molecule has 1 saturated heterocycles. The van der Waals surface area contributed by atoms with Crippen molar-refractivity contribution >= 4 is 11.6 Å². The van der Waals surface area contributed by atoms with Crippen LogP contribution in [0.2, 0.25) is 0 Å². The van der Waals surface area contributed by atoms with Gasteiger partial charge in [0.2, 0.25) is 5.91 Å². The third-order valence-corrected chi connectivity index (χ3v) is 4.26. The van der Waals surface area contributed by atoms with E-state index in [9.17, 15) is 4.79 Å². The van der Waals surface area contributed by atoms with Gasteiger partial charge >= 0.3 is 0 Å². The molecule has 1 heterocycles. The van der Waals surface area contributed by atoms with Gasteiger partial charge in [-0.3, -0.25) is 4.79 Å². The van der Waals surface area contributed by atoms with Gasteiger partial charge in [-0.2, -0.15) is 0 Å². The largest absolute Gasteiger partial charge is 0.371 e. The summed E-state index contributed by atoms with van der Waals surface area (Å²) >= 11 is 0. The summed E-state index contributed by atoms with van der Waals surface area (Å²) in [5.74, 6) is -0.000527. The second-order valence-electron chi connectivity index (χ2n) is 6.46. The molecule has 0 saturated carbocycles. The molecule has 2 aromatic carbocycles. The summed E-state index contributed by atoms with van der Waals surface area (Å²) in [6.07, 6.45) is 0.451. The van der Waals surface area contributed by atoms with Crippen molar-refractivity contribution in [3.8, 4) is 0 Å². The molecule has 126 valence electrons. The average Bonchev–Trinajstić information content (AvgIpc) is 2.55. The Kier molecular flexibility index (Phi) is 5.28. The minimum absolute atomic E-state index is 0.000527. The van der Waals surface area contributed by atoms with Gasteiger partial charge in [-0.1, -0.05) is 42.0 Å². The molecular formula is C20H24N2O2. The molecule has 1 N–H and O–H groups in total. The minimum atomic E-state index is -0.000527. The van der Waals surface area contributed by atoms with Gasteiger partial charge < -0.3 is 15.0 Å². The topological polar surface area (TPSA) is 41.6 Å². The second kappa shape index (κ2) is 7.60. The quantitative estimate of drug-likeness (QED) is 0.939.